The molecule has 1 heterocycles. The summed E-state index contributed by atoms with van der Waals surface area (Å²) in [6.07, 6.45) is 26.2. The van der Waals surface area contributed by atoms with Crippen molar-refractivity contribution in [2.75, 3.05) is 40.0 Å². The summed E-state index contributed by atoms with van der Waals surface area (Å²) in [4.78, 5) is 65.2. The van der Waals surface area contributed by atoms with Crippen LogP contribution < -0.4 is 0 Å². The van der Waals surface area contributed by atoms with E-state index in [9.17, 15) is 34.2 Å². The maximum absolute atomic E-state index is 12.9. The Morgan fingerprint density at radius 1 is 0.576 bits per heavy atom. The summed E-state index contributed by atoms with van der Waals surface area (Å²) in [5.41, 5.74) is -0.955. The topological polar surface area (TPSA) is 157 Å². The van der Waals surface area contributed by atoms with Crippen LogP contribution in [0.25, 0.3) is 0 Å². The van der Waals surface area contributed by atoms with Crippen molar-refractivity contribution in [2.24, 2.45) is 23.2 Å². The van der Waals surface area contributed by atoms with Gasteiger partial charge in [0.15, 0.2) is 0 Å². The molecule has 1 aliphatic heterocycles. The Labute approximate surface area is 358 Å². The predicted octanol–water partition coefficient (Wildman–Crippen LogP) is 11.3. The van der Waals surface area contributed by atoms with E-state index in [1.165, 1.54) is 51.4 Å². The fourth-order valence-electron chi connectivity index (χ4n) is 8.30. The van der Waals surface area contributed by atoms with E-state index in [-0.39, 0.29) is 44.1 Å². The fourth-order valence-corrected chi connectivity index (χ4v) is 8.30. The van der Waals surface area contributed by atoms with E-state index in [0.29, 0.717) is 64.3 Å². The minimum atomic E-state index is -0.955. The number of carboxylic acid groups (broad SMARTS) is 2. The Kier molecular flexibility index (Phi) is 32.2. The minimum absolute atomic E-state index is 0.0113. The van der Waals surface area contributed by atoms with Gasteiger partial charge in [-0.15, -0.1) is 0 Å². The second kappa shape index (κ2) is 35.0. The summed E-state index contributed by atoms with van der Waals surface area (Å²) in [5, 5.41) is 20.3. The molecule has 2 N–H and O–H groups in total. The molecule has 0 amide bonds. The maximum atomic E-state index is 12.9. The smallest absolute Gasteiger partial charge is 0.310 e. The Balaban J connectivity index is 2.66. The number of rotatable bonds is 40. The van der Waals surface area contributed by atoms with Crippen LogP contribution in [0.1, 0.15) is 213 Å². The van der Waals surface area contributed by atoms with Gasteiger partial charge in [0.25, 0.3) is 0 Å². The number of esters is 3. The predicted molar refractivity (Wildman–Crippen MR) is 234 cm³/mol. The molecule has 1 fully saturated rings. The first kappa shape index (κ1) is 54.3. The summed E-state index contributed by atoms with van der Waals surface area (Å²) in [5.74, 6) is -3.82. The lowest BCUT2D eigenvalue weighted by molar-refractivity contribution is -0.155. The average Bonchev–Trinajstić information content (AvgIpc) is 3.66. The molecule has 4 unspecified atom stereocenters. The Hall–Kier alpha value is -2.69. The van der Waals surface area contributed by atoms with E-state index >= 15 is 0 Å². The molecule has 4 atom stereocenters. The van der Waals surface area contributed by atoms with E-state index in [1.54, 1.807) is 0 Å². The molecule has 0 bridgehead atoms. The number of ether oxygens (including phenoxy) is 3. The molecule has 1 rings (SSSR count). The average molecular weight is 838 g/mol. The third-order valence-electron chi connectivity index (χ3n) is 12.3. The zero-order valence-corrected chi connectivity index (χ0v) is 38.1. The highest BCUT2D eigenvalue weighted by Crippen LogP contribution is 2.38. The van der Waals surface area contributed by atoms with Gasteiger partial charge >= 0.3 is 29.8 Å². The highest BCUT2D eigenvalue weighted by Gasteiger charge is 2.37. The molecular formula is C48H87NO10. The second-order valence-corrected chi connectivity index (χ2v) is 17.8. The number of hydrogen-bond donors (Lipinski definition) is 2. The number of nitrogens with zero attached hydrogens (tertiary/aromatic N) is 1. The van der Waals surface area contributed by atoms with E-state index in [2.05, 4.69) is 25.7 Å². The van der Waals surface area contributed by atoms with Crippen molar-refractivity contribution >= 4 is 29.8 Å². The quantitative estimate of drug-likeness (QED) is 0.0344. The third kappa shape index (κ3) is 27.0. The van der Waals surface area contributed by atoms with Gasteiger partial charge in [-0.2, -0.15) is 0 Å². The van der Waals surface area contributed by atoms with Crippen LogP contribution in [0.15, 0.2) is 0 Å². The molecular weight excluding hydrogens is 751 g/mol. The molecule has 0 saturated carbocycles. The zero-order valence-electron chi connectivity index (χ0n) is 38.1. The van der Waals surface area contributed by atoms with E-state index < -0.39 is 35.2 Å². The van der Waals surface area contributed by atoms with Crippen LogP contribution in [0, 0.1) is 23.2 Å². The molecule has 59 heavy (non-hydrogen) atoms. The summed E-state index contributed by atoms with van der Waals surface area (Å²) in [6, 6.07) is 0. The molecule has 11 nitrogen and oxygen atoms in total. The summed E-state index contributed by atoms with van der Waals surface area (Å²) < 4.78 is 16.8. The van der Waals surface area contributed by atoms with Crippen molar-refractivity contribution in [1.82, 2.24) is 4.90 Å². The van der Waals surface area contributed by atoms with Gasteiger partial charge in [0.1, 0.15) is 19.8 Å². The molecule has 0 aliphatic carbocycles. The third-order valence-corrected chi connectivity index (χ3v) is 12.3. The fraction of sp³-hybridized carbons (Fsp3) is 0.896. The van der Waals surface area contributed by atoms with E-state index in [4.69, 9.17) is 14.2 Å². The monoisotopic (exact) mass is 838 g/mol. The molecule has 0 aromatic carbocycles. The standard InChI is InChI=1S/C48H87NO10/c1-5-8-11-14-15-16-17-18-19-20-22-29-43(50)57-37-40(39-59-46(54)42-31-35-49(4)36-42)38-58-44(51)30-23-25-33-48(47(55)56,32-24-13-10-7-3)34-26-28-41(45(52)53)27-21-12-9-6-2/h40-42H,5-39H2,1-4H3,(H,52,53)(H,55,56). The van der Waals surface area contributed by atoms with Gasteiger partial charge in [0, 0.05) is 19.4 Å². The number of hydrogen-bond acceptors (Lipinski definition) is 9. The molecule has 0 radical (unpaired) electrons. The number of carboxylic acids is 2. The zero-order chi connectivity index (χ0) is 43.6. The molecule has 0 aromatic heterocycles. The molecule has 1 aliphatic rings. The van der Waals surface area contributed by atoms with Crippen LogP contribution >= 0.6 is 0 Å². The van der Waals surface area contributed by atoms with Crippen LogP contribution in [0.5, 0.6) is 0 Å². The first-order valence-corrected chi connectivity index (χ1v) is 24.1. The number of unbranched alkanes of at least 4 members (excludes halogenated alkanes) is 17. The van der Waals surface area contributed by atoms with Crippen molar-refractivity contribution in [3.8, 4) is 0 Å². The maximum Gasteiger partial charge on any atom is 0.310 e. The highest BCUT2D eigenvalue weighted by atomic mass is 16.6. The van der Waals surface area contributed by atoms with E-state index in [1.807, 2.05) is 7.05 Å². The normalized spacial score (nSPS) is 16.3. The second-order valence-electron chi connectivity index (χ2n) is 17.8. The van der Waals surface area contributed by atoms with Gasteiger partial charge in [0.2, 0.25) is 0 Å². The Bertz CT molecular complexity index is 1130. The van der Waals surface area contributed by atoms with Crippen LogP contribution in [0.2, 0.25) is 0 Å². The first-order valence-electron chi connectivity index (χ1n) is 24.1. The van der Waals surface area contributed by atoms with Gasteiger partial charge in [-0.3, -0.25) is 24.0 Å². The largest absolute Gasteiger partial charge is 0.481 e. The van der Waals surface area contributed by atoms with Crippen molar-refractivity contribution in [1.29, 1.82) is 0 Å². The van der Waals surface area contributed by atoms with Crippen LogP contribution in [0.3, 0.4) is 0 Å². The van der Waals surface area contributed by atoms with Crippen molar-refractivity contribution in [3.05, 3.63) is 0 Å². The molecule has 0 spiro atoms. The summed E-state index contributed by atoms with van der Waals surface area (Å²) in [6.45, 7) is 7.86. The van der Waals surface area contributed by atoms with Crippen molar-refractivity contribution in [3.63, 3.8) is 0 Å². The molecule has 11 heteroatoms. The van der Waals surface area contributed by atoms with Crippen molar-refractivity contribution < 1.29 is 48.4 Å². The van der Waals surface area contributed by atoms with Crippen LogP contribution in [0.4, 0.5) is 0 Å². The van der Waals surface area contributed by atoms with Gasteiger partial charge in [-0.1, -0.05) is 149 Å². The SMILES string of the molecule is CCCCCCCCCCCCCC(=O)OCC(COC(=O)CCCCC(CCCCCC)(CCCC(CCCCCC)C(=O)O)C(=O)O)COC(=O)C1CCN(C)C1. The molecule has 344 valence electrons. The van der Waals surface area contributed by atoms with Crippen LogP contribution in [-0.4, -0.2) is 84.9 Å². The van der Waals surface area contributed by atoms with Crippen molar-refractivity contribution in [2.45, 2.75) is 213 Å². The summed E-state index contributed by atoms with van der Waals surface area (Å²) >= 11 is 0. The molecule has 1 saturated heterocycles. The van der Waals surface area contributed by atoms with Crippen LogP contribution in [-0.2, 0) is 38.2 Å². The Morgan fingerprint density at radius 3 is 1.49 bits per heavy atom. The molecule has 0 aromatic rings. The lowest BCUT2D eigenvalue weighted by atomic mass is 9.73. The summed E-state index contributed by atoms with van der Waals surface area (Å²) in [7, 11) is 1.97. The first-order chi connectivity index (χ1) is 28.5. The van der Waals surface area contributed by atoms with E-state index in [0.717, 1.165) is 83.6 Å². The lowest BCUT2D eigenvalue weighted by Gasteiger charge is -2.30. The van der Waals surface area contributed by atoms with Gasteiger partial charge in [-0.25, -0.2) is 0 Å². The van der Waals surface area contributed by atoms with Gasteiger partial charge in [0.05, 0.1) is 23.2 Å². The number of aliphatic carboxylic acids is 2. The van der Waals surface area contributed by atoms with Gasteiger partial charge < -0.3 is 29.3 Å². The van der Waals surface area contributed by atoms with Gasteiger partial charge in [-0.05, 0) is 65.0 Å². The Morgan fingerprint density at radius 2 is 1.00 bits per heavy atom. The number of carbonyl (C=O) groups excluding carboxylic acids is 3. The lowest BCUT2D eigenvalue weighted by Crippen LogP contribution is -2.32. The minimum Gasteiger partial charge on any atom is -0.481 e. The highest BCUT2D eigenvalue weighted by molar-refractivity contribution is 5.75. The number of carbonyl (C=O) groups is 5. The number of likely N-dealkylation sites (tertiary alicyclic amines) is 1.